The average molecular weight is 285 g/mol. The van der Waals surface area contributed by atoms with Crippen LogP contribution in [-0.2, 0) is 14.4 Å². The summed E-state index contributed by atoms with van der Waals surface area (Å²) in [7, 11) is 1.59. The highest BCUT2D eigenvalue weighted by atomic mass is 16.7. The Bertz CT molecular complexity index is 710. The molecule has 0 fully saturated rings. The highest BCUT2D eigenvalue weighted by Gasteiger charge is 2.33. The number of carboxylic acids is 1. The lowest BCUT2D eigenvalue weighted by molar-refractivity contribution is -0.129. The van der Waals surface area contributed by atoms with Gasteiger partial charge in [-0.15, -0.1) is 0 Å². The lowest BCUT2D eigenvalue weighted by Gasteiger charge is -2.21. The van der Waals surface area contributed by atoms with Crippen molar-refractivity contribution in [3.05, 3.63) is 48.0 Å². The standard InChI is InChI=1S/C16H15NO4/c1-20-15(14-9-13(16(18)19)17-21-14)12-7-6-10-4-2-3-5-11(10)8-12/h2-8,14-15H,9H2,1H3,(H,18,19). The van der Waals surface area contributed by atoms with Gasteiger partial charge in [-0.25, -0.2) is 4.79 Å². The smallest absolute Gasteiger partial charge is 0.353 e. The summed E-state index contributed by atoms with van der Waals surface area (Å²) >= 11 is 0. The number of oxime groups is 1. The molecule has 2 aromatic carbocycles. The number of hydrogen-bond donors (Lipinski definition) is 1. The molecule has 2 aromatic rings. The van der Waals surface area contributed by atoms with Gasteiger partial charge in [0.2, 0.25) is 0 Å². The second-order valence-corrected chi connectivity index (χ2v) is 4.95. The third-order valence-electron chi connectivity index (χ3n) is 3.63. The monoisotopic (exact) mass is 285 g/mol. The van der Waals surface area contributed by atoms with Crippen LogP contribution in [0.2, 0.25) is 0 Å². The molecule has 0 bridgehead atoms. The average Bonchev–Trinajstić information content (AvgIpc) is 2.98. The van der Waals surface area contributed by atoms with Crippen molar-refractivity contribution in [2.75, 3.05) is 7.11 Å². The molecule has 0 aromatic heterocycles. The van der Waals surface area contributed by atoms with Crippen molar-refractivity contribution in [2.24, 2.45) is 5.16 Å². The van der Waals surface area contributed by atoms with Gasteiger partial charge in [-0.05, 0) is 22.4 Å². The van der Waals surface area contributed by atoms with Crippen molar-refractivity contribution in [1.82, 2.24) is 0 Å². The second-order valence-electron chi connectivity index (χ2n) is 4.95. The van der Waals surface area contributed by atoms with Gasteiger partial charge < -0.3 is 14.7 Å². The maximum Gasteiger partial charge on any atom is 0.353 e. The first-order chi connectivity index (χ1) is 10.2. The molecule has 2 atom stereocenters. The van der Waals surface area contributed by atoms with Gasteiger partial charge in [0.05, 0.1) is 0 Å². The fourth-order valence-electron chi connectivity index (χ4n) is 2.57. The maximum atomic E-state index is 10.9. The maximum absolute atomic E-state index is 10.9. The fraction of sp³-hybridized carbons (Fsp3) is 0.250. The van der Waals surface area contributed by atoms with Crippen LogP contribution in [0.15, 0.2) is 47.6 Å². The zero-order valence-corrected chi connectivity index (χ0v) is 11.5. The van der Waals surface area contributed by atoms with Gasteiger partial charge in [-0.3, -0.25) is 0 Å². The predicted octanol–water partition coefficient (Wildman–Crippen LogP) is 2.76. The number of methoxy groups -OCH3 is 1. The molecule has 108 valence electrons. The van der Waals surface area contributed by atoms with Crippen LogP contribution < -0.4 is 0 Å². The number of benzene rings is 2. The van der Waals surface area contributed by atoms with Crippen molar-refractivity contribution in [3.63, 3.8) is 0 Å². The van der Waals surface area contributed by atoms with Gasteiger partial charge in [0.1, 0.15) is 6.10 Å². The third-order valence-corrected chi connectivity index (χ3v) is 3.63. The van der Waals surface area contributed by atoms with Crippen LogP contribution in [0.4, 0.5) is 0 Å². The zero-order chi connectivity index (χ0) is 14.8. The van der Waals surface area contributed by atoms with E-state index < -0.39 is 12.1 Å². The second kappa shape index (κ2) is 5.54. The summed E-state index contributed by atoms with van der Waals surface area (Å²) in [6.07, 6.45) is -0.529. The number of ether oxygens (including phenoxy) is 1. The van der Waals surface area contributed by atoms with E-state index in [2.05, 4.69) is 5.16 Å². The number of nitrogens with zero attached hydrogens (tertiary/aromatic N) is 1. The van der Waals surface area contributed by atoms with Crippen LogP contribution in [0, 0.1) is 0 Å². The molecule has 1 aliphatic heterocycles. The molecular weight excluding hydrogens is 270 g/mol. The first-order valence-corrected chi connectivity index (χ1v) is 6.66. The Hall–Kier alpha value is -2.40. The first-order valence-electron chi connectivity index (χ1n) is 6.66. The quantitative estimate of drug-likeness (QED) is 0.937. The number of fused-ring (bicyclic) bond motifs is 1. The Balaban J connectivity index is 1.87. The van der Waals surface area contributed by atoms with Gasteiger partial charge >= 0.3 is 5.97 Å². The molecule has 1 N–H and O–H groups in total. The Labute approximate surface area is 121 Å². The van der Waals surface area contributed by atoms with Gasteiger partial charge in [-0.1, -0.05) is 41.6 Å². The van der Waals surface area contributed by atoms with Crippen LogP contribution in [0.1, 0.15) is 18.1 Å². The lowest BCUT2D eigenvalue weighted by atomic mass is 9.98. The van der Waals surface area contributed by atoms with Crippen LogP contribution in [0.5, 0.6) is 0 Å². The van der Waals surface area contributed by atoms with Gasteiger partial charge in [0, 0.05) is 13.5 Å². The van der Waals surface area contributed by atoms with Gasteiger partial charge in [0.25, 0.3) is 0 Å². The Morgan fingerprint density at radius 1 is 1.33 bits per heavy atom. The first kappa shape index (κ1) is 13.6. The predicted molar refractivity (Wildman–Crippen MR) is 78.3 cm³/mol. The Kier molecular flexibility index (Phi) is 3.58. The minimum absolute atomic E-state index is 0.0304. The summed E-state index contributed by atoms with van der Waals surface area (Å²) in [5.41, 5.74) is 0.978. The molecule has 1 heterocycles. The molecule has 1 aliphatic rings. The fourth-order valence-corrected chi connectivity index (χ4v) is 2.57. The summed E-state index contributed by atoms with van der Waals surface area (Å²) in [4.78, 5) is 16.1. The highest BCUT2D eigenvalue weighted by molar-refractivity contribution is 6.35. The molecular formula is C16H15NO4. The van der Waals surface area contributed by atoms with E-state index in [0.29, 0.717) is 0 Å². The van der Waals surface area contributed by atoms with Crippen molar-refractivity contribution >= 4 is 22.5 Å². The number of aliphatic carboxylic acids is 1. The summed E-state index contributed by atoms with van der Waals surface area (Å²) in [6, 6.07) is 14.1. The number of hydrogen-bond acceptors (Lipinski definition) is 4. The third kappa shape index (κ3) is 2.60. The Morgan fingerprint density at radius 3 is 2.76 bits per heavy atom. The van der Waals surface area contributed by atoms with Crippen LogP contribution >= 0.6 is 0 Å². The summed E-state index contributed by atoms with van der Waals surface area (Å²) in [6.45, 7) is 0. The van der Waals surface area contributed by atoms with Crippen molar-refractivity contribution in [1.29, 1.82) is 0 Å². The van der Waals surface area contributed by atoms with E-state index in [4.69, 9.17) is 14.7 Å². The van der Waals surface area contributed by atoms with Crippen LogP contribution in [0.25, 0.3) is 10.8 Å². The molecule has 0 saturated carbocycles. The topological polar surface area (TPSA) is 68.1 Å². The molecule has 5 heteroatoms. The highest BCUT2D eigenvalue weighted by Crippen LogP contribution is 2.30. The molecule has 0 saturated heterocycles. The van der Waals surface area contributed by atoms with Gasteiger partial charge in [-0.2, -0.15) is 0 Å². The van der Waals surface area contributed by atoms with Crippen LogP contribution in [-0.4, -0.2) is 30.0 Å². The van der Waals surface area contributed by atoms with E-state index >= 15 is 0 Å². The van der Waals surface area contributed by atoms with E-state index in [0.717, 1.165) is 16.3 Å². The Morgan fingerprint density at radius 2 is 2.10 bits per heavy atom. The number of carbonyl (C=O) groups is 1. The SMILES string of the molecule is COC(c1ccc2ccccc2c1)C1CC(C(=O)O)=NO1. The zero-order valence-electron chi connectivity index (χ0n) is 11.5. The normalized spacial score (nSPS) is 19.1. The van der Waals surface area contributed by atoms with E-state index in [9.17, 15) is 4.79 Å². The largest absolute Gasteiger partial charge is 0.477 e. The molecule has 3 rings (SSSR count). The lowest BCUT2D eigenvalue weighted by Crippen LogP contribution is -2.22. The summed E-state index contributed by atoms with van der Waals surface area (Å²) in [5, 5.41) is 14.8. The van der Waals surface area contributed by atoms with E-state index in [-0.39, 0.29) is 18.2 Å². The minimum Gasteiger partial charge on any atom is -0.477 e. The van der Waals surface area contributed by atoms with Crippen molar-refractivity contribution < 1.29 is 19.5 Å². The van der Waals surface area contributed by atoms with E-state index in [1.165, 1.54) is 0 Å². The minimum atomic E-state index is -1.05. The summed E-state index contributed by atoms with van der Waals surface area (Å²) < 4.78 is 5.51. The van der Waals surface area contributed by atoms with Crippen LogP contribution in [0.3, 0.4) is 0 Å². The van der Waals surface area contributed by atoms with Crippen molar-refractivity contribution in [2.45, 2.75) is 18.6 Å². The van der Waals surface area contributed by atoms with E-state index in [1.54, 1.807) is 7.11 Å². The molecule has 0 amide bonds. The number of rotatable bonds is 4. The molecule has 21 heavy (non-hydrogen) atoms. The molecule has 2 unspecified atom stereocenters. The molecule has 0 aliphatic carbocycles. The van der Waals surface area contributed by atoms with Crippen molar-refractivity contribution in [3.8, 4) is 0 Å². The van der Waals surface area contributed by atoms with E-state index in [1.807, 2.05) is 42.5 Å². The molecule has 5 nitrogen and oxygen atoms in total. The van der Waals surface area contributed by atoms with Gasteiger partial charge in [0.15, 0.2) is 11.8 Å². The molecule has 0 radical (unpaired) electrons. The summed E-state index contributed by atoms with van der Waals surface area (Å²) in [5.74, 6) is -1.05. The molecule has 0 spiro atoms. The number of carboxylic acid groups (broad SMARTS) is 1.